The molecule has 3 heteroatoms. The van der Waals surface area contributed by atoms with Gasteiger partial charge in [0.15, 0.2) is 0 Å². The number of aliphatic hydroxyl groups is 1. The van der Waals surface area contributed by atoms with E-state index in [1.54, 1.807) is 26.8 Å². The molecule has 0 bridgehead atoms. The summed E-state index contributed by atoms with van der Waals surface area (Å²) >= 11 is 3.30. The number of rotatable bonds is 1. The number of halogens is 1. The minimum absolute atomic E-state index is 0.155. The van der Waals surface area contributed by atoms with E-state index in [9.17, 15) is 10.2 Å². The van der Waals surface area contributed by atoms with Crippen molar-refractivity contribution in [3.05, 3.63) is 27.7 Å². The van der Waals surface area contributed by atoms with Crippen molar-refractivity contribution >= 4 is 15.9 Å². The van der Waals surface area contributed by atoms with E-state index in [0.29, 0.717) is 5.56 Å². The highest BCUT2D eigenvalue weighted by Crippen LogP contribution is 2.37. The lowest BCUT2D eigenvalue weighted by atomic mass is 9.95. The highest BCUT2D eigenvalue weighted by molar-refractivity contribution is 9.10. The van der Waals surface area contributed by atoms with E-state index in [1.807, 2.05) is 6.07 Å². The summed E-state index contributed by atoms with van der Waals surface area (Å²) in [5, 5.41) is 19.5. The standard InChI is InChI=1S/C10H13BrO2/c1-6-4-5-7(11)8(9(6)12)10(2,3)13/h4-5,12-13H,1-3H3. The quantitative estimate of drug-likeness (QED) is 0.798. The second-order valence-corrected chi connectivity index (χ2v) is 4.50. The van der Waals surface area contributed by atoms with Gasteiger partial charge in [-0.25, -0.2) is 0 Å². The van der Waals surface area contributed by atoms with E-state index in [0.717, 1.165) is 10.0 Å². The number of hydrogen-bond acceptors (Lipinski definition) is 2. The number of benzene rings is 1. The van der Waals surface area contributed by atoms with Crippen LogP contribution in [-0.2, 0) is 5.60 Å². The molecule has 2 nitrogen and oxygen atoms in total. The van der Waals surface area contributed by atoms with Crippen LogP contribution in [0.5, 0.6) is 5.75 Å². The van der Waals surface area contributed by atoms with E-state index in [-0.39, 0.29) is 5.75 Å². The summed E-state index contributed by atoms with van der Waals surface area (Å²) in [6.45, 7) is 5.09. The third-order valence-electron chi connectivity index (χ3n) is 1.94. The molecular weight excluding hydrogens is 232 g/mol. The first-order valence-corrected chi connectivity index (χ1v) is 4.84. The minimum Gasteiger partial charge on any atom is -0.507 e. The minimum atomic E-state index is -1.03. The molecule has 0 atom stereocenters. The van der Waals surface area contributed by atoms with Crippen LogP contribution in [0.3, 0.4) is 0 Å². The highest BCUT2D eigenvalue weighted by atomic mass is 79.9. The van der Waals surface area contributed by atoms with Crippen molar-refractivity contribution in [1.29, 1.82) is 0 Å². The zero-order chi connectivity index (χ0) is 10.2. The molecule has 1 aromatic rings. The van der Waals surface area contributed by atoms with Gasteiger partial charge in [-0.2, -0.15) is 0 Å². The fourth-order valence-electron chi connectivity index (χ4n) is 1.25. The fraction of sp³-hybridized carbons (Fsp3) is 0.400. The number of aromatic hydroxyl groups is 1. The Labute approximate surface area is 86.3 Å². The summed E-state index contributed by atoms with van der Waals surface area (Å²) in [6.07, 6.45) is 0. The molecule has 13 heavy (non-hydrogen) atoms. The number of aryl methyl sites for hydroxylation is 1. The van der Waals surface area contributed by atoms with Crippen LogP contribution in [0.4, 0.5) is 0 Å². The summed E-state index contributed by atoms with van der Waals surface area (Å²) in [6, 6.07) is 3.62. The molecule has 0 spiro atoms. The second kappa shape index (κ2) is 3.31. The van der Waals surface area contributed by atoms with Gasteiger partial charge in [-0.05, 0) is 32.4 Å². The summed E-state index contributed by atoms with van der Waals surface area (Å²) in [5.41, 5.74) is 0.266. The van der Waals surface area contributed by atoms with Gasteiger partial charge in [0.2, 0.25) is 0 Å². The van der Waals surface area contributed by atoms with E-state index >= 15 is 0 Å². The van der Waals surface area contributed by atoms with Crippen LogP contribution in [0.25, 0.3) is 0 Å². The van der Waals surface area contributed by atoms with Crippen molar-refractivity contribution in [2.45, 2.75) is 26.4 Å². The Bertz CT molecular complexity index is 326. The maximum Gasteiger partial charge on any atom is 0.125 e. The zero-order valence-electron chi connectivity index (χ0n) is 7.93. The van der Waals surface area contributed by atoms with Gasteiger partial charge >= 0.3 is 0 Å². The van der Waals surface area contributed by atoms with Crippen LogP contribution >= 0.6 is 15.9 Å². The van der Waals surface area contributed by atoms with Crippen LogP contribution in [0, 0.1) is 6.92 Å². The zero-order valence-corrected chi connectivity index (χ0v) is 9.51. The molecule has 2 N–H and O–H groups in total. The Hall–Kier alpha value is -0.540. The van der Waals surface area contributed by atoms with Crippen LogP contribution < -0.4 is 0 Å². The molecule has 0 fully saturated rings. The molecule has 0 saturated heterocycles. The summed E-state index contributed by atoms with van der Waals surface area (Å²) in [5.74, 6) is 0.155. The molecule has 0 aromatic heterocycles. The molecule has 0 aliphatic heterocycles. The van der Waals surface area contributed by atoms with Crippen LogP contribution in [0.1, 0.15) is 25.0 Å². The van der Waals surface area contributed by atoms with E-state index in [2.05, 4.69) is 15.9 Å². The molecular formula is C10H13BrO2. The maximum atomic E-state index is 9.79. The first-order valence-electron chi connectivity index (χ1n) is 4.05. The molecule has 1 rings (SSSR count). The first-order chi connectivity index (χ1) is 5.84. The van der Waals surface area contributed by atoms with Crippen LogP contribution in [0.15, 0.2) is 16.6 Å². The van der Waals surface area contributed by atoms with Gasteiger partial charge in [-0.3, -0.25) is 0 Å². The molecule has 0 saturated carbocycles. The number of hydrogen-bond donors (Lipinski definition) is 2. The molecule has 72 valence electrons. The Balaban J connectivity index is 3.43. The first kappa shape index (κ1) is 10.5. The third kappa shape index (κ3) is 2.03. The van der Waals surface area contributed by atoms with E-state index in [4.69, 9.17) is 0 Å². The average Bonchev–Trinajstić information content (AvgIpc) is 1.95. The van der Waals surface area contributed by atoms with Gasteiger partial charge in [0.25, 0.3) is 0 Å². The maximum absolute atomic E-state index is 9.79. The topological polar surface area (TPSA) is 40.5 Å². The van der Waals surface area contributed by atoms with Crippen LogP contribution in [-0.4, -0.2) is 10.2 Å². The average molecular weight is 245 g/mol. The summed E-state index contributed by atoms with van der Waals surface area (Å²) in [7, 11) is 0. The summed E-state index contributed by atoms with van der Waals surface area (Å²) < 4.78 is 0.725. The molecule has 1 aromatic carbocycles. The Morgan fingerprint density at radius 1 is 1.31 bits per heavy atom. The Kier molecular flexibility index (Phi) is 2.68. The molecule has 0 radical (unpaired) electrons. The van der Waals surface area contributed by atoms with Crippen molar-refractivity contribution in [1.82, 2.24) is 0 Å². The van der Waals surface area contributed by atoms with Gasteiger partial charge < -0.3 is 10.2 Å². The summed E-state index contributed by atoms with van der Waals surface area (Å²) in [4.78, 5) is 0. The van der Waals surface area contributed by atoms with Gasteiger partial charge in [0.05, 0.1) is 5.60 Å². The lowest BCUT2D eigenvalue weighted by Crippen LogP contribution is -2.16. The predicted molar refractivity (Wildman–Crippen MR) is 55.8 cm³/mol. The normalized spacial score (nSPS) is 11.8. The molecule has 0 aliphatic rings. The monoisotopic (exact) mass is 244 g/mol. The van der Waals surface area contributed by atoms with Crippen molar-refractivity contribution in [2.75, 3.05) is 0 Å². The highest BCUT2D eigenvalue weighted by Gasteiger charge is 2.24. The second-order valence-electron chi connectivity index (χ2n) is 3.65. The van der Waals surface area contributed by atoms with Crippen molar-refractivity contribution in [2.24, 2.45) is 0 Å². The number of phenols is 1. The fourth-order valence-corrected chi connectivity index (χ4v) is 2.06. The molecule has 0 heterocycles. The molecule has 0 unspecified atom stereocenters. The van der Waals surface area contributed by atoms with E-state index < -0.39 is 5.60 Å². The van der Waals surface area contributed by atoms with Crippen molar-refractivity contribution < 1.29 is 10.2 Å². The Morgan fingerprint density at radius 2 is 1.85 bits per heavy atom. The SMILES string of the molecule is Cc1ccc(Br)c(C(C)(C)O)c1O. The molecule has 0 amide bonds. The smallest absolute Gasteiger partial charge is 0.125 e. The third-order valence-corrected chi connectivity index (χ3v) is 2.60. The van der Waals surface area contributed by atoms with Gasteiger partial charge in [0, 0.05) is 10.0 Å². The van der Waals surface area contributed by atoms with Gasteiger partial charge in [0.1, 0.15) is 5.75 Å². The lowest BCUT2D eigenvalue weighted by Gasteiger charge is -2.21. The van der Waals surface area contributed by atoms with Crippen molar-refractivity contribution in [3.8, 4) is 5.75 Å². The van der Waals surface area contributed by atoms with Crippen molar-refractivity contribution in [3.63, 3.8) is 0 Å². The van der Waals surface area contributed by atoms with E-state index in [1.165, 1.54) is 0 Å². The van der Waals surface area contributed by atoms with Gasteiger partial charge in [-0.1, -0.05) is 22.0 Å². The lowest BCUT2D eigenvalue weighted by molar-refractivity contribution is 0.0749. The van der Waals surface area contributed by atoms with Crippen LogP contribution in [0.2, 0.25) is 0 Å². The predicted octanol–water partition coefficient (Wildman–Crippen LogP) is 2.69. The van der Waals surface area contributed by atoms with Gasteiger partial charge in [-0.15, -0.1) is 0 Å². The molecule has 0 aliphatic carbocycles. The number of phenolic OH excluding ortho intramolecular Hbond substituents is 1. The Morgan fingerprint density at radius 3 is 2.23 bits per heavy atom. The largest absolute Gasteiger partial charge is 0.507 e.